The van der Waals surface area contributed by atoms with E-state index in [4.69, 9.17) is 5.73 Å². The SMILES string of the molecule is NC(=NCC1(C2CCC2)CCC1)N1CCC1. The first kappa shape index (κ1) is 10.4. The van der Waals surface area contributed by atoms with Gasteiger partial charge in [-0.05, 0) is 43.4 Å². The largest absolute Gasteiger partial charge is 0.370 e. The van der Waals surface area contributed by atoms with Crippen LogP contribution in [0.4, 0.5) is 0 Å². The van der Waals surface area contributed by atoms with Gasteiger partial charge in [-0.15, -0.1) is 0 Å². The lowest BCUT2D eigenvalue weighted by molar-refractivity contribution is 0.0113. The molecule has 2 N–H and O–H groups in total. The second-order valence-electron chi connectivity index (χ2n) is 5.86. The summed E-state index contributed by atoms with van der Waals surface area (Å²) >= 11 is 0. The van der Waals surface area contributed by atoms with Crippen LogP contribution in [0.5, 0.6) is 0 Å². The molecule has 0 aromatic carbocycles. The van der Waals surface area contributed by atoms with E-state index in [0.717, 1.165) is 31.5 Å². The molecule has 2 saturated carbocycles. The van der Waals surface area contributed by atoms with Crippen molar-refractivity contribution in [3.63, 3.8) is 0 Å². The molecule has 0 unspecified atom stereocenters. The highest BCUT2D eigenvalue weighted by molar-refractivity contribution is 5.78. The van der Waals surface area contributed by atoms with Crippen LogP contribution in [0.3, 0.4) is 0 Å². The van der Waals surface area contributed by atoms with Gasteiger partial charge in [-0.25, -0.2) is 0 Å². The topological polar surface area (TPSA) is 41.6 Å². The summed E-state index contributed by atoms with van der Waals surface area (Å²) < 4.78 is 0. The number of nitrogens with two attached hydrogens (primary N) is 1. The van der Waals surface area contributed by atoms with Gasteiger partial charge in [-0.3, -0.25) is 4.99 Å². The van der Waals surface area contributed by atoms with Crippen molar-refractivity contribution >= 4 is 5.96 Å². The highest BCUT2D eigenvalue weighted by Crippen LogP contribution is 2.54. The number of nitrogens with zero attached hydrogens (tertiary/aromatic N) is 2. The molecule has 0 aromatic rings. The summed E-state index contributed by atoms with van der Waals surface area (Å²) in [7, 11) is 0. The van der Waals surface area contributed by atoms with Gasteiger partial charge in [0, 0.05) is 19.6 Å². The smallest absolute Gasteiger partial charge is 0.191 e. The minimum Gasteiger partial charge on any atom is -0.370 e. The second kappa shape index (κ2) is 3.94. The Labute approximate surface area is 98.1 Å². The minimum atomic E-state index is 0.563. The van der Waals surface area contributed by atoms with Crippen LogP contribution in [0.2, 0.25) is 0 Å². The van der Waals surface area contributed by atoms with E-state index in [1.807, 2.05) is 0 Å². The van der Waals surface area contributed by atoms with Gasteiger partial charge >= 0.3 is 0 Å². The number of aliphatic imine (C=N–C) groups is 1. The molecule has 0 radical (unpaired) electrons. The molecule has 3 fully saturated rings. The number of rotatable bonds is 3. The first-order valence-electron chi connectivity index (χ1n) is 6.85. The normalized spacial score (nSPS) is 29.2. The number of likely N-dealkylation sites (tertiary alicyclic amines) is 1. The second-order valence-corrected chi connectivity index (χ2v) is 5.86. The lowest BCUT2D eigenvalue weighted by atomic mass is 9.55. The van der Waals surface area contributed by atoms with E-state index in [1.54, 1.807) is 0 Å². The van der Waals surface area contributed by atoms with Gasteiger partial charge in [-0.2, -0.15) is 0 Å². The van der Waals surface area contributed by atoms with Crippen LogP contribution in [0.1, 0.15) is 44.9 Å². The van der Waals surface area contributed by atoms with E-state index >= 15 is 0 Å². The highest BCUT2D eigenvalue weighted by atomic mass is 15.3. The van der Waals surface area contributed by atoms with E-state index in [1.165, 1.54) is 44.9 Å². The Morgan fingerprint density at radius 2 is 1.94 bits per heavy atom. The summed E-state index contributed by atoms with van der Waals surface area (Å²) in [5.41, 5.74) is 6.56. The molecule has 0 bridgehead atoms. The van der Waals surface area contributed by atoms with Gasteiger partial charge in [0.1, 0.15) is 0 Å². The zero-order chi connectivity index (χ0) is 11.0. The van der Waals surface area contributed by atoms with E-state index in [-0.39, 0.29) is 0 Å². The first-order chi connectivity index (χ1) is 7.80. The minimum absolute atomic E-state index is 0.563. The Morgan fingerprint density at radius 3 is 2.31 bits per heavy atom. The quantitative estimate of drug-likeness (QED) is 0.585. The Kier molecular flexibility index (Phi) is 2.56. The average molecular weight is 221 g/mol. The van der Waals surface area contributed by atoms with Crippen LogP contribution in [-0.4, -0.2) is 30.5 Å². The Morgan fingerprint density at radius 1 is 1.19 bits per heavy atom. The molecule has 3 heteroatoms. The summed E-state index contributed by atoms with van der Waals surface area (Å²) in [5.74, 6) is 1.77. The van der Waals surface area contributed by atoms with Gasteiger partial charge in [0.2, 0.25) is 0 Å². The van der Waals surface area contributed by atoms with E-state index < -0.39 is 0 Å². The summed E-state index contributed by atoms with van der Waals surface area (Å²) in [6.45, 7) is 3.23. The monoisotopic (exact) mass is 221 g/mol. The molecule has 3 rings (SSSR count). The molecule has 0 amide bonds. The molecular weight excluding hydrogens is 198 g/mol. The van der Waals surface area contributed by atoms with E-state index in [0.29, 0.717) is 5.41 Å². The maximum absolute atomic E-state index is 6.00. The van der Waals surface area contributed by atoms with Gasteiger partial charge in [0.25, 0.3) is 0 Å². The zero-order valence-electron chi connectivity index (χ0n) is 10.1. The summed E-state index contributed by atoms with van der Waals surface area (Å²) in [6, 6.07) is 0. The van der Waals surface area contributed by atoms with Crippen LogP contribution < -0.4 is 5.73 Å². The molecule has 1 aliphatic heterocycles. The van der Waals surface area contributed by atoms with Crippen molar-refractivity contribution in [2.24, 2.45) is 22.1 Å². The number of hydrogen-bond acceptors (Lipinski definition) is 1. The Bertz CT molecular complexity index is 286. The molecule has 16 heavy (non-hydrogen) atoms. The van der Waals surface area contributed by atoms with Crippen molar-refractivity contribution in [2.45, 2.75) is 44.9 Å². The molecule has 90 valence electrons. The maximum atomic E-state index is 6.00. The molecule has 3 nitrogen and oxygen atoms in total. The van der Waals surface area contributed by atoms with Gasteiger partial charge < -0.3 is 10.6 Å². The van der Waals surface area contributed by atoms with Crippen molar-refractivity contribution in [3.8, 4) is 0 Å². The van der Waals surface area contributed by atoms with Crippen LogP contribution in [-0.2, 0) is 0 Å². The van der Waals surface area contributed by atoms with Crippen molar-refractivity contribution in [1.29, 1.82) is 0 Å². The zero-order valence-corrected chi connectivity index (χ0v) is 10.1. The molecule has 1 saturated heterocycles. The Hall–Kier alpha value is -0.730. The van der Waals surface area contributed by atoms with Crippen LogP contribution in [0.15, 0.2) is 4.99 Å². The molecule has 0 aromatic heterocycles. The lowest BCUT2D eigenvalue weighted by Gasteiger charge is -2.51. The molecular formula is C13H23N3. The average Bonchev–Trinajstić information content (AvgIpc) is 2.02. The maximum Gasteiger partial charge on any atom is 0.191 e. The van der Waals surface area contributed by atoms with Crippen molar-refractivity contribution in [1.82, 2.24) is 4.90 Å². The first-order valence-corrected chi connectivity index (χ1v) is 6.85. The summed E-state index contributed by atoms with van der Waals surface area (Å²) in [5, 5.41) is 0. The fourth-order valence-corrected chi connectivity index (χ4v) is 3.23. The summed E-state index contributed by atoms with van der Waals surface area (Å²) in [4.78, 5) is 6.87. The predicted octanol–water partition coefficient (Wildman–Crippen LogP) is 1.98. The van der Waals surface area contributed by atoms with Crippen LogP contribution in [0, 0.1) is 11.3 Å². The Balaban J connectivity index is 1.59. The third-order valence-electron chi connectivity index (χ3n) is 5.06. The molecule has 0 spiro atoms. The molecule has 0 atom stereocenters. The lowest BCUT2D eigenvalue weighted by Crippen LogP contribution is -2.48. The fraction of sp³-hybridized carbons (Fsp3) is 0.923. The third kappa shape index (κ3) is 1.61. The predicted molar refractivity (Wildman–Crippen MR) is 66.3 cm³/mol. The van der Waals surface area contributed by atoms with Gasteiger partial charge in [0.15, 0.2) is 5.96 Å². The molecule has 1 heterocycles. The van der Waals surface area contributed by atoms with Crippen molar-refractivity contribution in [2.75, 3.05) is 19.6 Å². The highest BCUT2D eigenvalue weighted by Gasteiger charge is 2.46. The summed E-state index contributed by atoms with van der Waals surface area (Å²) in [6.07, 6.45) is 9.82. The van der Waals surface area contributed by atoms with E-state index in [2.05, 4.69) is 9.89 Å². The molecule has 3 aliphatic rings. The van der Waals surface area contributed by atoms with Gasteiger partial charge in [0.05, 0.1) is 0 Å². The number of guanidine groups is 1. The van der Waals surface area contributed by atoms with Crippen LogP contribution >= 0.6 is 0 Å². The standard InChI is InChI=1S/C13H23N3/c14-12(16-8-3-9-16)15-10-13(6-2-7-13)11-4-1-5-11/h11H,1-10H2,(H2,14,15). The molecule has 2 aliphatic carbocycles. The third-order valence-corrected chi connectivity index (χ3v) is 5.06. The van der Waals surface area contributed by atoms with Crippen LogP contribution in [0.25, 0.3) is 0 Å². The number of hydrogen-bond donors (Lipinski definition) is 1. The fourth-order valence-electron chi connectivity index (χ4n) is 3.23. The van der Waals surface area contributed by atoms with E-state index in [9.17, 15) is 0 Å². The van der Waals surface area contributed by atoms with Crippen molar-refractivity contribution < 1.29 is 0 Å². The van der Waals surface area contributed by atoms with Crippen molar-refractivity contribution in [3.05, 3.63) is 0 Å². The van der Waals surface area contributed by atoms with Gasteiger partial charge in [-0.1, -0.05) is 12.8 Å².